The van der Waals surface area contributed by atoms with Gasteiger partial charge in [-0.15, -0.1) is 5.10 Å². The smallest absolute Gasteiger partial charge is 0.268 e. The van der Waals surface area contributed by atoms with Crippen molar-refractivity contribution < 1.29 is 17.9 Å². The van der Waals surface area contributed by atoms with E-state index in [9.17, 15) is 13.2 Å². The van der Waals surface area contributed by atoms with E-state index in [1.165, 1.54) is 10.9 Å². The molecule has 37 heavy (non-hydrogen) atoms. The topological polar surface area (TPSA) is 124 Å². The standard InChI is InChI=1S/C25H33N7O4S/c1-15-12-25(4,5)31(13-15)23-18(24(33)29-37(34,35)20-14-30(6)27-17(20)3)7-8-21(26-23)32-10-9-22(28-32)36-19-11-16(19)2/h7-10,14-16,19H,11-13H2,1-6H3,(H,29,33)/t15-,16+,19-/m0/s1. The van der Waals surface area contributed by atoms with Crippen LogP contribution < -0.4 is 14.4 Å². The number of aromatic nitrogens is 5. The van der Waals surface area contributed by atoms with E-state index < -0.39 is 15.9 Å². The molecule has 0 spiro atoms. The summed E-state index contributed by atoms with van der Waals surface area (Å²) in [5.74, 6) is 1.59. The number of hydrogen-bond donors (Lipinski definition) is 1. The molecule has 0 bridgehead atoms. The monoisotopic (exact) mass is 527 g/mol. The molecular formula is C25H33N7O4S. The van der Waals surface area contributed by atoms with Crippen LogP contribution in [0, 0.1) is 18.8 Å². The minimum Gasteiger partial charge on any atom is -0.473 e. The maximum absolute atomic E-state index is 13.4. The summed E-state index contributed by atoms with van der Waals surface area (Å²) < 4.78 is 37.1. The maximum Gasteiger partial charge on any atom is 0.268 e. The molecule has 3 atom stereocenters. The minimum atomic E-state index is -4.13. The summed E-state index contributed by atoms with van der Waals surface area (Å²) in [5.41, 5.74) is 0.203. The van der Waals surface area contributed by atoms with Gasteiger partial charge in [-0.1, -0.05) is 13.8 Å². The third-order valence-electron chi connectivity index (χ3n) is 7.03. The van der Waals surface area contributed by atoms with Gasteiger partial charge in [0.1, 0.15) is 16.8 Å². The Bertz CT molecular complexity index is 1460. The number of carbonyl (C=O) groups excluding carboxylic acids is 1. The lowest BCUT2D eigenvalue weighted by atomic mass is 9.97. The average molecular weight is 528 g/mol. The second-order valence-corrected chi connectivity index (χ2v) is 12.6. The van der Waals surface area contributed by atoms with Crippen LogP contribution in [0.5, 0.6) is 5.88 Å². The van der Waals surface area contributed by atoms with Crippen LogP contribution in [0.25, 0.3) is 5.82 Å². The molecule has 198 valence electrons. The Kier molecular flexibility index (Phi) is 6.05. The third-order valence-corrected chi connectivity index (χ3v) is 8.46. The van der Waals surface area contributed by atoms with Gasteiger partial charge in [0.2, 0.25) is 5.88 Å². The fourth-order valence-corrected chi connectivity index (χ4v) is 6.27. The first-order valence-electron chi connectivity index (χ1n) is 12.4. The lowest BCUT2D eigenvalue weighted by Crippen LogP contribution is -2.41. The number of ether oxygens (including phenoxy) is 1. The van der Waals surface area contributed by atoms with Crippen molar-refractivity contribution in [1.82, 2.24) is 29.3 Å². The van der Waals surface area contributed by atoms with Crippen molar-refractivity contribution in [2.45, 2.75) is 64.0 Å². The Morgan fingerprint density at radius 2 is 1.92 bits per heavy atom. The summed E-state index contributed by atoms with van der Waals surface area (Å²) >= 11 is 0. The van der Waals surface area contributed by atoms with Gasteiger partial charge in [0, 0.05) is 37.6 Å². The molecule has 0 unspecified atom stereocenters. The zero-order valence-electron chi connectivity index (χ0n) is 22.0. The number of sulfonamides is 1. The molecule has 11 nitrogen and oxygen atoms in total. The van der Waals surface area contributed by atoms with Gasteiger partial charge in [-0.2, -0.15) is 5.10 Å². The van der Waals surface area contributed by atoms with Gasteiger partial charge in [0.05, 0.1) is 11.3 Å². The number of amides is 1. The van der Waals surface area contributed by atoms with Crippen LogP contribution >= 0.6 is 0 Å². The lowest BCUT2D eigenvalue weighted by Gasteiger charge is -2.34. The summed E-state index contributed by atoms with van der Waals surface area (Å²) in [4.78, 5) is 20.3. The number of aryl methyl sites for hydroxylation is 2. The minimum absolute atomic E-state index is 0.0429. The average Bonchev–Trinajstić information content (AvgIpc) is 3.12. The second-order valence-electron chi connectivity index (χ2n) is 10.9. The quantitative estimate of drug-likeness (QED) is 0.497. The van der Waals surface area contributed by atoms with Crippen LogP contribution in [-0.2, 0) is 17.1 Å². The summed E-state index contributed by atoms with van der Waals surface area (Å²) in [6, 6.07) is 5.05. The Labute approximate surface area is 216 Å². The molecule has 12 heteroatoms. The highest BCUT2D eigenvalue weighted by Gasteiger charge is 2.40. The highest BCUT2D eigenvalue weighted by Crippen LogP contribution is 2.38. The molecule has 1 N–H and O–H groups in total. The van der Waals surface area contributed by atoms with Crippen LogP contribution in [0.3, 0.4) is 0 Å². The molecule has 5 rings (SSSR count). The number of rotatable bonds is 7. The summed E-state index contributed by atoms with van der Waals surface area (Å²) in [5, 5.41) is 8.59. The molecule has 1 saturated carbocycles. The van der Waals surface area contributed by atoms with Crippen LogP contribution in [0.2, 0.25) is 0 Å². The molecule has 0 aromatic carbocycles. The zero-order valence-corrected chi connectivity index (χ0v) is 22.8. The van der Waals surface area contributed by atoms with Gasteiger partial charge in [-0.25, -0.2) is 22.8 Å². The molecular weight excluding hydrogens is 494 g/mol. The summed E-state index contributed by atoms with van der Waals surface area (Å²) in [7, 11) is -2.50. The van der Waals surface area contributed by atoms with E-state index in [-0.39, 0.29) is 22.1 Å². The Hall–Kier alpha value is -3.41. The predicted octanol–water partition coefficient (Wildman–Crippen LogP) is 2.84. The number of pyridine rings is 1. The number of nitrogens with zero attached hydrogens (tertiary/aromatic N) is 6. The molecule has 4 heterocycles. The highest BCUT2D eigenvalue weighted by atomic mass is 32.2. The van der Waals surface area contributed by atoms with E-state index in [0.717, 1.165) is 12.8 Å². The van der Waals surface area contributed by atoms with Gasteiger partial charge >= 0.3 is 0 Å². The first kappa shape index (κ1) is 25.2. The number of hydrogen-bond acceptors (Lipinski definition) is 8. The predicted molar refractivity (Wildman–Crippen MR) is 137 cm³/mol. The summed E-state index contributed by atoms with van der Waals surface area (Å²) in [6.45, 7) is 10.7. The lowest BCUT2D eigenvalue weighted by molar-refractivity contribution is 0.0981. The molecule has 3 aromatic heterocycles. The molecule has 1 aliphatic carbocycles. The Morgan fingerprint density at radius 1 is 1.19 bits per heavy atom. The molecule has 2 aliphatic rings. The Morgan fingerprint density at radius 3 is 2.51 bits per heavy atom. The molecule has 3 aromatic rings. The first-order valence-corrected chi connectivity index (χ1v) is 13.9. The molecule has 1 saturated heterocycles. The van der Waals surface area contributed by atoms with E-state index in [1.54, 1.807) is 43.0 Å². The molecule has 0 radical (unpaired) electrons. The fourth-order valence-electron chi connectivity index (χ4n) is 5.09. The van der Waals surface area contributed by atoms with E-state index in [2.05, 4.69) is 47.5 Å². The van der Waals surface area contributed by atoms with E-state index in [4.69, 9.17) is 9.72 Å². The summed E-state index contributed by atoms with van der Waals surface area (Å²) in [6.07, 6.45) is 5.25. The maximum atomic E-state index is 13.4. The van der Waals surface area contributed by atoms with Gasteiger partial charge in [0.25, 0.3) is 15.9 Å². The van der Waals surface area contributed by atoms with Crippen molar-refractivity contribution >= 4 is 21.7 Å². The van der Waals surface area contributed by atoms with Crippen molar-refractivity contribution in [2.24, 2.45) is 18.9 Å². The van der Waals surface area contributed by atoms with Gasteiger partial charge < -0.3 is 9.64 Å². The van der Waals surface area contributed by atoms with Gasteiger partial charge in [-0.05, 0) is 57.6 Å². The largest absolute Gasteiger partial charge is 0.473 e. The van der Waals surface area contributed by atoms with Crippen LogP contribution in [0.1, 0.15) is 56.6 Å². The highest BCUT2D eigenvalue weighted by molar-refractivity contribution is 7.90. The van der Waals surface area contributed by atoms with Crippen molar-refractivity contribution in [3.63, 3.8) is 0 Å². The number of anilines is 1. The van der Waals surface area contributed by atoms with Crippen LogP contribution in [-0.4, -0.2) is 57.1 Å². The second kappa shape index (κ2) is 8.86. The van der Waals surface area contributed by atoms with Crippen LogP contribution in [0.4, 0.5) is 5.82 Å². The van der Waals surface area contributed by atoms with Gasteiger partial charge in [-0.3, -0.25) is 9.48 Å². The molecule has 1 amide bonds. The molecule has 1 aliphatic heterocycles. The van der Waals surface area contributed by atoms with Crippen molar-refractivity contribution in [3.05, 3.63) is 41.9 Å². The molecule has 2 fully saturated rings. The normalized spacial score (nSPS) is 22.8. The number of nitrogens with one attached hydrogen (secondary N) is 1. The van der Waals surface area contributed by atoms with Crippen molar-refractivity contribution in [1.29, 1.82) is 0 Å². The van der Waals surface area contributed by atoms with Crippen LogP contribution in [0.15, 0.2) is 35.5 Å². The van der Waals surface area contributed by atoms with E-state index in [0.29, 0.717) is 41.6 Å². The van der Waals surface area contributed by atoms with Gasteiger partial charge in [0.15, 0.2) is 5.82 Å². The first-order chi connectivity index (χ1) is 17.3. The SMILES string of the molecule is Cc1nn(C)cc1S(=O)(=O)NC(=O)c1ccc(-n2ccc(O[C@H]3C[C@H]3C)n2)nc1N1C[C@@H](C)CC1(C)C. The van der Waals surface area contributed by atoms with E-state index in [1.807, 2.05) is 0 Å². The number of carbonyl (C=O) groups is 1. The van der Waals surface area contributed by atoms with Crippen molar-refractivity contribution in [2.75, 3.05) is 11.4 Å². The Balaban J connectivity index is 1.50. The van der Waals surface area contributed by atoms with Crippen molar-refractivity contribution in [3.8, 4) is 11.7 Å². The fraction of sp³-hybridized carbons (Fsp3) is 0.520. The third kappa shape index (κ3) is 4.94. The zero-order chi connectivity index (χ0) is 26.7. The van der Waals surface area contributed by atoms with E-state index >= 15 is 0 Å².